The standard InChI is InChI=1S/C15H19F2N3O/c1-12-4-3-5-13(10-12)21-9-8-19(2)11-14-18-6-7-20(14)15(16)17/h3-7,10,15H,8-9,11H2,1-2H3. The van der Waals surface area contributed by atoms with E-state index in [1.165, 1.54) is 12.4 Å². The molecule has 0 atom stereocenters. The van der Waals surface area contributed by atoms with Crippen molar-refractivity contribution in [3.8, 4) is 5.75 Å². The van der Waals surface area contributed by atoms with E-state index >= 15 is 0 Å². The maximum Gasteiger partial charge on any atom is 0.319 e. The summed E-state index contributed by atoms with van der Waals surface area (Å²) in [6.45, 7) is 0.927. The van der Waals surface area contributed by atoms with Crippen molar-refractivity contribution in [2.45, 2.75) is 20.0 Å². The Balaban J connectivity index is 1.79. The number of alkyl halides is 2. The lowest BCUT2D eigenvalue weighted by molar-refractivity contribution is 0.0643. The molecule has 0 aliphatic carbocycles. The first-order chi connectivity index (χ1) is 10.1. The quantitative estimate of drug-likeness (QED) is 0.786. The first kappa shape index (κ1) is 15.4. The third kappa shape index (κ3) is 4.53. The fourth-order valence-electron chi connectivity index (χ4n) is 1.99. The SMILES string of the molecule is Cc1cccc(OCCN(C)Cc2nccn2C(F)F)c1. The van der Waals surface area contributed by atoms with E-state index in [1.807, 2.05) is 43.1 Å². The minimum atomic E-state index is -2.56. The third-order valence-electron chi connectivity index (χ3n) is 3.10. The predicted molar refractivity (Wildman–Crippen MR) is 76.5 cm³/mol. The van der Waals surface area contributed by atoms with E-state index < -0.39 is 6.55 Å². The van der Waals surface area contributed by atoms with E-state index in [1.54, 1.807) is 0 Å². The van der Waals surface area contributed by atoms with E-state index in [0.29, 0.717) is 25.5 Å². The van der Waals surface area contributed by atoms with E-state index in [2.05, 4.69) is 4.98 Å². The minimum Gasteiger partial charge on any atom is -0.492 e. The summed E-state index contributed by atoms with van der Waals surface area (Å²) in [6.07, 6.45) is 2.68. The largest absolute Gasteiger partial charge is 0.492 e. The maximum absolute atomic E-state index is 12.7. The molecule has 114 valence electrons. The molecule has 2 aromatic rings. The van der Waals surface area contributed by atoms with Crippen LogP contribution >= 0.6 is 0 Å². The molecular weight excluding hydrogens is 276 g/mol. The van der Waals surface area contributed by atoms with Crippen LogP contribution in [0.4, 0.5) is 8.78 Å². The number of hydrogen-bond donors (Lipinski definition) is 0. The normalized spacial score (nSPS) is 11.3. The Morgan fingerprint density at radius 2 is 2.19 bits per heavy atom. The van der Waals surface area contributed by atoms with Crippen molar-refractivity contribution in [1.29, 1.82) is 0 Å². The second kappa shape index (κ2) is 7.17. The van der Waals surface area contributed by atoms with Gasteiger partial charge in [-0.25, -0.2) is 4.98 Å². The fourth-order valence-corrected chi connectivity index (χ4v) is 1.99. The van der Waals surface area contributed by atoms with Gasteiger partial charge >= 0.3 is 6.55 Å². The van der Waals surface area contributed by atoms with Gasteiger partial charge in [-0.3, -0.25) is 9.47 Å². The lowest BCUT2D eigenvalue weighted by atomic mass is 10.2. The number of ether oxygens (including phenoxy) is 1. The molecule has 0 spiro atoms. The van der Waals surface area contributed by atoms with Crippen molar-refractivity contribution in [3.05, 3.63) is 48.0 Å². The highest BCUT2D eigenvalue weighted by Crippen LogP contribution is 2.14. The number of halogens is 2. The van der Waals surface area contributed by atoms with Crippen LogP contribution in [0.3, 0.4) is 0 Å². The second-order valence-corrected chi connectivity index (χ2v) is 4.93. The number of benzene rings is 1. The highest BCUT2D eigenvalue weighted by atomic mass is 19.3. The molecule has 0 fully saturated rings. The number of hydrogen-bond acceptors (Lipinski definition) is 3. The van der Waals surface area contributed by atoms with Crippen molar-refractivity contribution in [3.63, 3.8) is 0 Å². The summed E-state index contributed by atoms with van der Waals surface area (Å²) < 4.78 is 31.9. The smallest absolute Gasteiger partial charge is 0.319 e. The molecule has 2 rings (SSSR count). The summed E-state index contributed by atoms with van der Waals surface area (Å²) in [5.74, 6) is 1.17. The van der Waals surface area contributed by atoms with Crippen LogP contribution in [0, 0.1) is 6.92 Å². The van der Waals surface area contributed by atoms with Crippen LogP contribution in [0.25, 0.3) is 0 Å². The highest BCUT2D eigenvalue weighted by molar-refractivity contribution is 5.27. The van der Waals surface area contributed by atoms with Crippen LogP contribution in [0.2, 0.25) is 0 Å². The van der Waals surface area contributed by atoms with Gasteiger partial charge in [0.1, 0.15) is 18.2 Å². The number of imidazole rings is 1. The molecule has 0 N–H and O–H groups in total. The molecule has 0 unspecified atom stereocenters. The molecule has 21 heavy (non-hydrogen) atoms. The molecule has 0 radical (unpaired) electrons. The van der Waals surface area contributed by atoms with Crippen molar-refractivity contribution < 1.29 is 13.5 Å². The summed E-state index contributed by atoms with van der Waals surface area (Å²) >= 11 is 0. The van der Waals surface area contributed by atoms with Crippen molar-refractivity contribution in [2.75, 3.05) is 20.2 Å². The van der Waals surface area contributed by atoms with Crippen LogP contribution in [0.5, 0.6) is 5.75 Å². The van der Waals surface area contributed by atoms with Gasteiger partial charge in [-0.2, -0.15) is 8.78 Å². The van der Waals surface area contributed by atoms with Crippen LogP contribution < -0.4 is 4.74 Å². The van der Waals surface area contributed by atoms with Crippen LogP contribution in [-0.2, 0) is 6.54 Å². The third-order valence-corrected chi connectivity index (χ3v) is 3.10. The molecule has 0 bridgehead atoms. The monoisotopic (exact) mass is 295 g/mol. The Labute approximate surface area is 123 Å². The molecule has 4 nitrogen and oxygen atoms in total. The first-order valence-corrected chi connectivity index (χ1v) is 6.74. The van der Waals surface area contributed by atoms with E-state index in [4.69, 9.17) is 4.74 Å². The first-order valence-electron chi connectivity index (χ1n) is 6.74. The van der Waals surface area contributed by atoms with Crippen LogP contribution in [0.1, 0.15) is 17.9 Å². The number of aryl methyl sites for hydroxylation is 1. The molecule has 6 heteroatoms. The van der Waals surface area contributed by atoms with Gasteiger partial charge in [0, 0.05) is 18.9 Å². The molecule has 0 amide bonds. The Morgan fingerprint density at radius 3 is 2.90 bits per heavy atom. The van der Waals surface area contributed by atoms with E-state index in [0.717, 1.165) is 15.9 Å². The van der Waals surface area contributed by atoms with Gasteiger partial charge in [0.05, 0.1) is 6.54 Å². The van der Waals surface area contributed by atoms with Crippen molar-refractivity contribution in [1.82, 2.24) is 14.5 Å². The van der Waals surface area contributed by atoms with Gasteiger partial charge in [-0.1, -0.05) is 12.1 Å². The average molecular weight is 295 g/mol. The topological polar surface area (TPSA) is 30.3 Å². The van der Waals surface area contributed by atoms with Crippen LogP contribution in [0.15, 0.2) is 36.7 Å². The second-order valence-electron chi connectivity index (χ2n) is 4.93. The molecule has 1 heterocycles. The van der Waals surface area contributed by atoms with E-state index in [9.17, 15) is 8.78 Å². The molecule has 0 saturated heterocycles. The van der Waals surface area contributed by atoms with Gasteiger partial charge in [0.15, 0.2) is 0 Å². The Hall–Kier alpha value is -1.95. The molecule has 1 aromatic heterocycles. The number of aromatic nitrogens is 2. The zero-order valence-corrected chi connectivity index (χ0v) is 12.2. The summed E-state index contributed by atoms with van der Waals surface area (Å²) in [5.41, 5.74) is 1.14. The molecule has 0 saturated carbocycles. The lowest BCUT2D eigenvalue weighted by Crippen LogP contribution is -2.25. The van der Waals surface area contributed by atoms with E-state index in [-0.39, 0.29) is 0 Å². The summed E-state index contributed by atoms with van der Waals surface area (Å²) in [4.78, 5) is 5.86. The van der Waals surface area contributed by atoms with Gasteiger partial charge < -0.3 is 4.74 Å². The Kier molecular flexibility index (Phi) is 5.27. The van der Waals surface area contributed by atoms with Crippen molar-refractivity contribution >= 4 is 0 Å². The summed E-state index contributed by atoms with van der Waals surface area (Å²) in [7, 11) is 1.85. The number of nitrogens with zero attached hydrogens (tertiary/aromatic N) is 3. The van der Waals surface area contributed by atoms with Crippen LogP contribution in [-0.4, -0.2) is 34.7 Å². The molecule has 0 aliphatic rings. The minimum absolute atomic E-state index is 0.350. The summed E-state index contributed by atoms with van der Waals surface area (Å²) in [6, 6.07) is 7.80. The molecule has 0 aliphatic heterocycles. The Bertz CT molecular complexity index is 572. The van der Waals surface area contributed by atoms with Gasteiger partial charge in [-0.15, -0.1) is 0 Å². The Morgan fingerprint density at radius 1 is 1.38 bits per heavy atom. The van der Waals surface area contributed by atoms with Crippen molar-refractivity contribution in [2.24, 2.45) is 0 Å². The maximum atomic E-state index is 12.7. The fraction of sp³-hybridized carbons (Fsp3) is 0.400. The zero-order chi connectivity index (χ0) is 15.2. The average Bonchev–Trinajstić information content (AvgIpc) is 2.87. The number of rotatable bonds is 7. The summed E-state index contributed by atoms with van der Waals surface area (Å²) in [5, 5.41) is 0. The van der Waals surface area contributed by atoms with Gasteiger partial charge in [0.25, 0.3) is 0 Å². The highest BCUT2D eigenvalue weighted by Gasteiger charge is 2.12. The lowest BCUT2D eigenvalue weighted by Gasteiger charge is -2.17. The number of likely N-dealkylation sites (N-methyl/N-ethyl adjacent to an activating group) is 1. The van der Waals surface area contributed by atoms with Gasteiger partial charge in [0.2, 0.25) is 0 Å². The zero-order valence-electron chi connectivity index (χ0n) is 12.2. The van der Waals surface area contributed by atoms with Gasteiger partial charge in [-0.05, 0) is 31.7 Å². The molecular formula is C15H19F2N3O. The molecule has 1 aromatic carbocycles. The predicted octanol–water partition coefficient (Wildman–Crippen LogP) is 3.10.